The second-order valence-corrected chi connectivity index (χ2v) is 5.06. The molecule has 0 N–H and O–H groups in total. The lowest BCUT2D eigenvalue weighted by Gasteiger charge is -2.10. The second-order valence-electron chi connectivity index (χ2n) is 5.06. The van der Waals surface area contributed by atoms with Crippen LogP contribution in [0, 0.1) is 0 Å². The zero-order chi connectivity index (χ0) is 15.5. The topological polar surface area (TPSA) is 47.9 Å². The minimum Gasteiger partial charge on any atom is -0.438 e. The number of nitrogens with zero attached hydrogens (tertiary/aromatic N) is 3. The lowest BCUT2D eigenvalue weighted by atomic mass is 10.1. The highest BCUT2D eigenvalue weighted by atomic mass is 16.5. The molecule has 0 unspecified atom stereocenters. The van der Waals surface area contributed by atoms with Crippen LogP contribution in [0.3, 0.4) is 0 Å². The van der Waals surface area contributed by atoms with E-state index in [1.165, 1.54) is 0 Å². The van der Waals surface area contributed by atoms with Gasteiger partial charge in [-0.3, -0.25) is 9.97 Å². The van der Waals surface area contributed by atoms with Crippen LogP contribution in [0.15, 0.2) is 79.4 Å². The number of hydrogen-bond donors (Lipinski definition) is 0. The lowest BCUT2D eigenvalue weighted by Crippen LogP contribution is -1.91. The van der Waals surface area contributed by atoms with Gasteiger partial charge in [-0.05, 0) is 24.3 Å². The van der Waals surface area contributed by atoms with E-state index in [-0.39, 0.29) is 0 Å². The second kappa shape index (κ2) is 5.85. The third kappa shape index (κ3) is 2.74. The quantitative estimate of drug-likeness (QED) is 0.559. The SMILES string of the molecule is c1cncc(-c2ccccc2Oc2ccc3cnccc3n2)c1. The van der Waals surface area contributed by atoms with Gasteiger partial charge in [-0.2, -0.15) is 0 Å². The number of rotatable bonds is 3. The summed E-state index contributed by atoms with van der Waals surface area (Å²) in [5, 5.41) is 0.986. The first-order valence-corrected chi connectivity index (χ1v) is 7.28. The maximum absolute atomic E-state index is 6.01. The number of hydrogen-bond acceptors (Lipinski definition) is 4. The predicted octanol–water partition coefficient (Wildman–Crippen LogP) is 4.48. The standard InChI is InChI=1S/C19H13N3O/c1-2-6-18(16(5-1)14-4-3-10-20-12-14)23-19-8-7-15-13-21-11-9-17(15)22-19/h1-13H. The highest BCUT2D eigenvalue weighted by molar-refractivity contribution is 5.78. The van der Waals surface area contributed by atoms with E-state index in [0.29, 0.717) is 5.88 Å². The number of pyridine rings is 3. The molecule has 23 heavy (non-hydrogen) atoms. The molecule has 0 aliphatic heterocycles. The molecule has 4 aromatic rings. The molecule has 4 rings (SSSR count). The molecule has 0 spiro atoms. The van der Waals surface area contributed by atoms with Gasteiger partial charge in [-0.25, -0.2) is 4.98 Å². The average molecular weight is 299 g/mol. The molecular weight excluding hydrogens is 286 g/mol. The molecule has 4 nitrogen and oxygen atoms in total. The summed E-state index contributed by atoms with van der Waals surface area (Å²) >= 11 is 0. The fraction of sp³-hybridized carbons (Fsp3) is 0. The van der Waals surface area contributed by atoms with Crippen LogP contribution in [0.25, 0.3) is 22.0 Å². The number of ether oxygens (including phenoxy) is 1. The van der Waals surface area contributed by atoms with E-state index in [2.05, 4.69) is 15.0 Å². The number of benzene rings is 1. The Labute approximate surface area is 133 Å². The van der Waals surface area contributed by atoms with Gasteiger partial charge < -0.3 is 4.74 Å². The van der Waals surface area contributed by atoms with Crippen molar-refractivity contribution in [1.82, 2.24) is 15.0 Å². The molecule has 0 saturated carbocycles. The predicted molar refractivity (Wildman–Crippen MR) is 89.3 cm³/mol. The maximum atomic E-state index is 6.01. The number of aromatic nitrogens is 3. The smallest absolute Gasteiger partial charge is 0.219 e. The Morgan fingerprint density at radius 2 is 1.65 bits per heavy atom. The van der Waals surface area contributed by atoms with Crippen molar-refractivity contribution in [3.63, 3.8) is 0 Å². The fourth-order valence-corrected chi connectivity index (χ4v) is 2.43. The van der Waals surface area contributed by atoms with E-state index >= 15 is 0 Å². The van der Waals surface area contributed by atoms with Crippen LogP contribution in [-0.2, 0) is 0 Å². The molecule has 0 fully saturated rings. The molecule has 3 aromatic heterocycles. The van der Waals surface area contributed by atoms with Crippen molar-refractivity contribution in [1.29, 1.82) is 0 Å². The van der Waals surface area contributed by atoms with Gasteiger partial charge in [0.15, 0.2) is 0 Å². The highest BCUT2D eigenvalue weighted by Gasteiger charge is 2.08. The normalized spacial score (nSPS) is 10.6. The third-order valence-corrected chi connectivity index (χ3v) is 3.54. The van der Waals surface area contributed by atoms with Crippen molar-refractivity contribution < 1.29 is 4.74 Å². The summed E-state index contributed by atoms with van der Waals surface area (Å²) in [7, 11) is 0. The Balaban J connectivity index is 1.73. The van der Waals surface area contributed by atoms with Crippen molar-refractivity contribution in [2.45, 2.75) is 0 Å². The van der Waals surface area contributed by atoms with E-state index in [4.69, 9.17) is 4.74 Å². The van der Waals surface area contributed by atoms with E-state index < -0.39 is 0 Å². The van der Waals surface area contributed by atoms with Gasteiger partial charge in [0, 0.05) is 47.4 Å². The van der Waals surface area contributed by atoms with Crippen LogP contribution in [0.1, 0.15) is 0 Å². The minimum atomic E-state index is 0.556. The Hall–Kier alpha value is -3.27. The molecule has 1 aromatic carbocycles. The Morgan fingerprint density at radius 1 is 0.739 bits per heavy atom. The van der Waals surface area contributed by atoms with Gasteiger partial charge in [-0.15, -0.1) is 0 Å². The zero-order valence-corrected chi connectivity index (χ0v) is 12.3. The molecule has 0 aliphatic carbocycles. The summed E-state index contributed by atoms with van der Waals surface area (Å²) < 4.78 is 6.01. The summed E-state index contributed by atoms with van der Waals surface area (Å²) in [6.07, 6.45) is 7.09. The van der Waals surface area contributed by atoms with Gasteiger partial charge in [0.05, 0.1) is 5.52 Å². The van der Waals surface area contributed by atoms with Gasteiger partial charge in [0.1, 0.15) is 5.75 Å². The first-order valence-electron chi connectivity index (χ1n) is 7.28. The third-order valence-electron chi connectivity index (χ3n) is 3.54. The van der Waals surface area contributed by atoms with Crippen molar-refractivity contribution in [3.05, 3.63) is 79.4 Å². The molecule has 0 bridgehead atoms. The highest BCUT2D eigenvalue weighted by Crippen LogP contribution is 2.32. The van der Waals surface area contributed by atoms with Gasteiger partial charge in [-0.1, -0.05) is 24.3 Å². The zero-order valence-electron chi connectivity index (χ0n) is 12.3. The van der Waals surface area contributed by atoms with Crippen molar-refractivity contribution in [2.24, 2.45) is 0 Å². The molecule has 0 amide bonds. The van der Waals surface area contributed by atoms with Crippen molar-refractivity contribution in [3.8, 4) is 22.8 Å². The first-order chi connectivity index (χ1) is 11.4. The minimum absolute atomic E-state index is 0.556. The van der Waals surface area contributed by atoms with E-state index in [1.54, 1.807) is 18.6 Å². The maximum Gasteiger partial charge on any atom is 0.219 e. The van der Waals surface area contributed by atoms with Gasteiger partial charge >= 0.3 is 0 Å². The average Bonchev–Trinajstić information content (AvgIpc) is 2.63. The summed E-state index contributed by atoms with van der Waals surface area (Å²) in [5.41, 5.74) is 2.85. The van der Waals surface area contributed by atoms with E-state index in [1.807, 2.05) is 60.8 Å². The fourth-order valence-electron chi connectivity index (χ4n) is 2.43. The summed E-state index contributed by atoms with van der Waals surface area (Å²) in [5.74, 6) is 1.31. The van der Waals surface area contributed by atoms with Gasteiger partial charge in [0.25, 0.3) is 0 Å². The molecular formula is C19H13N3O. The van der Waals surface area contributed by atoms with Crippen LogP contribution in [-0.4, -0.2) is 15.0 Å². The Bertz CT molecular complexity index is 955. The molecule has 0 saturated heterocycles. The van der Waals surface area contributed by atoms with Crippen LogP contribution < -0.4 is 4.74 Å². The van der Waals surface area contributed by atoms with E-state index in [0.717, 1.165) is 27.8 Å². The lowest BCUT2D eigenvalue weighted by molar-refractivity contribution is 0.467. The summed E-state index contributed by atoms with van der Waals surface area (Å²) in [6, 6.07) is 17.5. The first kappa shape index (κ1) is 13.4. The Morgan fingerprint density at radius 3 is 2.57 bits per heavy atom. The molecule has 0 atom stereocenters. The van der Waals surface area contributed by atoms with E-state index in [9.17, 15) is 0 Å². The van der Waals surface area contributed by atoms with Crippen LogP contribution in [0.4, 0.5) is 0 Å². The summed E-state index contributed by atoms with van der Waals surface area (Å²) in [6.45, 7) is 0. The molecule has 0 radical (unpaired) electrons. The van der Waals surface area contributed by atoms with Crippen molar-refractivity contribution in [2.75, 3.05) is 0 Å². The van der Waals surface area contributed by atoms with Crippen LogP contribution in [0.2, 0.25) is 0 Å². The Kier molecular flexibility index (Phi) is 3.41. The molecule has 4 heteroatoms. The monoisotopic (exact) mass is 299 g/mol. The van der Waals surface area contributed by atoms with Crippen molar-refractivity contribution >= 4 is 10.9 Å². The number of fused-ring (bicyclic) bond motifs is 1. The van der Waals surface area contributed by atoms with Crippen LogP contribution in [0.5, 0.6) is 11.6 Å². The van der Waals surface area contributed by atoms with Crippen LogP contribution >= 0.6 is 0 Å². The number of para-hydroxylation sites is 1. The molecule has 3 heterocycles. The summed E-state index contributed by atoms with van der Waals surface area (Å²) in [4.78, 5) is 12.8. The largest absolute Gasteiger partial charge is 0.438 e. The van der Waals surface area contributed by atoms with Gasteiger partial charge in [0.2, 0.25) is 5.88 Å². The molecule has 0 aliphatic rings. The molecule has 110 valence electrons.